The first-order valence-electron chi connectivity index (χ1n) is 9.70. The fraction of sp³-hybridized carbons (Fsp3) is 0.227. The van der Waals surface area contributed by atoms with Gasteiger partial charge in [0.25, 0.3) is 10.0 Å². The van der Waals surface area contributed by atoms with Gasteiger partial charge in [0.1, 0.15) is 16.9 Å². The van der Waals surface area contributed by atoms with Gasteiger partial charge in [-0.25, -0.2) is 17.5 Å². The molecule has 0 bridgehead atoms. The van der Waals surface area contributed by atoms with E-state index in [2.05, 4.69) is 5.32 Å². The number of aryl methyl sites for hydroxylation is 1. The van der Waals surface area contributed by atoms with Gasteiger partial charge < -0.3 is 14.5 Å². The van der Waals surface area contributed by atoms with Crippen molar-refractivity contribution in [2.45, 2.75) is 32.6 Å². The average molecular weight is 458 g/mol. The Bertz CT molecular complexity index is 1310. The molecule has 2 amide bonds. The molecule has 0 unspecified atom stereocenters. The second-order valence-corrected chi connectivity index (χ2v) is 8.71. The quantitative estimate of drug-likeness (QED) is 0.560. The van der Waals surface area contributed by atoms with Gasteiger partial charge in [-0.15, -0.1) is 0 Å². The maximum absolute atomic E-state index is 13.3. The number of benzene rings is 2. The molecule has 0 radical (unpaired) electrons. The molecule has 0 saturated carbocycles. The lowest BCUT2D eigenvalue weighted by Crippen LogP contribution is -2.35. The fourth-order valence-electron chi connectivity index (χ4n) is 3.30. The Kier molecular flexibility index (Phi) is 6.35. The number of carbonyl (C=O) groups excluding carboxylic acids is 3. The number of amides is 2. The summed E-state index contributed by atoms with van der Waals surface area (Å²) in [5, 5.41) is 2.88. The van der Waals surface area contributed by atoms with Gasteiger partial charge in [-0.3, -0.25) is 9.59 Å². The molecule has 0 saturated heterocycles. The van der Waals surface area contributed by atoms with E-state index in [1.54, 1.807) is 13.8 Å². The number of anilines is 2. The molecule has 1 aromatic heterocycles. The molecule has 10 heteroatoms. The third-order valence-corrected chi connectivity index (χ3v) is 6.38. The highest BCUT2D eigenvalue weighted by Crippen LogP contribution is 2.32. The lowest BCUT2D eigenvalue weighted by atomic mass is 10.1. The van der Waals surface area contributed by atoms with Gasteiger partial charge in [0.05, 0.1) is 17.2 Å². The number of sulfonamides is 1. The molecule has 1 heterocycles. The van der Waals surface area contributed by atoms with E-state index in [-0.39, 0.29) is 28.7 Å². The first kappa shape index (κ1) is 23.0. The summed E-state index contributed by atoms with van der Waals surface area (Å²) in [6, 6.07) is 9.75. The van der Waals surface area contributed by atoms with Crippen LogP contribution in [0.25, 0.3) is 11.0 Å². The largest absolute Gasteiger partial charge is 0.462 e. The lowest BCUT2D eigenvalue weighted by molar-refractivity contribution is -0.115. The number of furan rings is 1. The molecule has 2 aromatic carbocycles. The topological polar surface area (TPSA) is 123 Å². The molecule has 3 aromatic rings. The van der Waals surface area contributed by atoms with E-state index >= 15 is 0 Å². The van der Waals surface area contributed by atoms with Crippen LogP contribution in [0.1, 0.15) is 36.9 Å². The van der Waals surface area contributed by atoms with Crippen LogP contribution in [0, 0.1) is 6.92 Å². The Labute approximate surface area is 185 Å². The molecule has 9 nitrogen and oxygen atoms in total. The second kappa shape index (κ2) is 8.83. The minimum atomic E-state index is -4.28. The van der Waals surface area contributed by atoms with Crippen LogP contribution in [-0.2, 0) is 24.3 Å². The summed E-state index contributed by atoms with van der Waals surface area (Å²) in [7, 11) is -4.28. The number of esters is 1. The van der Waals surface area contributed by atoms with Crippen molar-refractivity contribution in [2.75, 3.05) is 16.2 Å². The average Bonchev–Trinajstić information content (AvgIpc) is 3.03. The summed E-state index contributed by atoms with van der Waals surface area (Å²) >= 11 is 0. The van der Waals surface area contributed by atoms with Crippen molar-refractivity contribution < 1.29 is 32.0 Å². The van der Waals surface area contributed by atoms with Crippen LogP contribution in [0.3, 0.4) is 0 Å². The highest BCUT2D eigenvalue weighted by Gasteiger charge is 2.30. The van der Waals surface area contributed by atoms with Crippen LogP contribution in [0.15, 0.2) is 51.8 Å². The first-order chi connectivity index (χ1) is 15.1. The van der Waals surface area contributed by atoms with Crippen molar-refractivity contribution in [2.24, 2.45) is 0 Å². The fourth-order valence-corrected chi connectivity index (χ4v) is 4.72. The van der Waals surface area contributed by atoms with Gasteiger partial charge in [0, 0.05) is 24.9 Å². The van der Waals surface area contributed by atoms with Gasteiger partial charge in [-0.2, -0.15) is 0 Å². The van der Waals surface area contributed by atoms with Crippen LogP contribution in [0.2, 0.25) is 0 Å². The third kappa shape index (κ3) is 4.35. The van der Waals surface area contributed by atoms with Crippen LogP contribution in [0.4, 0.5) is 11.4 Å². The van der Waals surface area contributed by atoms with E-state index in [9.17, 15) is 22.8 Å². The maximum atomic E-state index is 13.3. The molecule has 1 N–H and O–H groups in total. The molecule has 0 fully saturated rings. The van der Waals surface area contributed by atoms with Crippen molar-refractivity contribution >= 4 is 50.2 Å². The minimum absolute atomic E-state index is 0.0438. The summed E-state index contributed by atoms with van der Waals surface area (Å²) < 4.78 is 37.9. The van der Waals surface area contributed by atoms with E-state index in [1.165, 1.54) is 49.4 Å². The molecular formula is C22H22N2O7S. The van der Waals surface area contributed by atoms with E-state index in [0.717, 1.165) is 6.92 Å². The van der Waals surface area contributed by atoms with E-state index in [1.807, 2.05) is 0 Å². The molecule has 0 aliphatic carbocycles. The lowest BCUT2D eigenvalue weighted by Gasteiger charge is -2.21. The number of nitrogens with one attached hydrogen (secondary N) is 1. The molecule has 3 rings (SSSR count). The monoisotopic (exact) mass is 458 g/mol. The number of ether oxygens (including phenoxy) is 1. The van der Waals surface area contributed by atoms with Crippen molar-refractivity contribution in [1.29, 1.82) is 0 Å². The number of hydrogen-bond donors (Lipinski definition) is 1. The van der Waals surface area contributed by atoms with Crippen molar-refractivity contribution in [3.63, 3.8) is 0 Å². The van der Waals surface area contributed by atoms with Gasteiger partial charge in [-0.1, -0.05) is 0 Å². The van der Waals surface area contributed by atoms with Gasteiger partial charge >= 0.3 is 5.97 Å². The summed E-state index contributed by atoms with van der Waals surface area (Å²) in [4.78, 5) is 35.8. The Morgan fingerprint density at radius 1 is 1.06 bits per heavy atom. The zero-order chi connectivity index (χ0) is 23.6. The van der Waals surface area contributed by atoms with Gasteiger partial charge in [0.2, 0.25) is 11.8 Å². The number of fused-ring (bicyclic) bond motifs is 1. The zero-order valence-corrected chi connectivity index (χ0v) is 18.8. The molecule has 0 spiro atoms. The number of rotatable bonds is 6. The van der Waals surface area contributed by atoms with E-state index in [0.29, 0.717) is 26.7 Å². The highest BCUT2D eigenvalue weighted by molar-refractivity contribution is 7.93. The predicted molar refractivity (Wildman–Crippen MR) is 118 cm³/mol. The summed E-state index contributed by atoms with van der Waals surface area (Å²) in [5.74, 6) is -1.33. The normalized spacial score (nSPS) is 11.2. The van der Waals surface area contributed by atoms with Crippen molar-refractivity contribution in [3.8, 4) is 0 Å². The zero-order valence-electron chi connectivity index (χ0n) is 18.0. The molecule has 0 aliphatic heterocycles. The van der Waals surface area contributed by atoms with Crippen LogP contribution in [0.5, 0.6) is 0 Å². The molecule has 0 aliphatic rings. The first-order valence-corrected chi connectivity index (χ1v) is 11.1. The minimum Gasteiger partial charge on any atom is -0.462 e. The van der Waals surface area contributed by atoms with Crippen LogP contribution < -0.4 is 9.62 Å². The van der Waals surface area contributed by atoms with Gasteiger partial charge in [0.15, 0.2) is 0 Å². The smallest absolute Gasteiger partial charge is 0.342 e. The van der Waals surface area contributed by atoms with E-state index in [4.69, 9.17) is 9.15 Å². The van der Waals surface area contributed by atoms with E-state index < -0.39 is 21.9 Å². The molecular weight excluding hydrogens is 436 g/mol. The van der Waals surface area contributed by atoms with Gasteiger partial charge in [-0.05, 0) is 56.3 Å². The molecule has 32 heavy (non-hydrogen) atoms. The number of nitrogens with zero attached hydrogens (tertiary/aromatic N) is 1. The Morgan fingerprint density at radius 2 is 1.72 bits per heavy atom. The highest BCUT2D eigenvalue weighted by atomic mass is 32.2. The summed E-state index contributed by atoms with van der Waals surface area (Å²) in [6.45, 7) is 5.89. The maximum Gasteiger partial charge on any atom is 0.342 e. The summed E-state index contributed by atoms with van der Waals surface area (Å²) in [5.41, 5.74) is 0.988. The number of carbonyl (C=O) groups is 3. The predicted octanol–water partition coefficient (Wildman–Crippen LogP) is 3.62. The standard InChI is InChI=1S/C22H22N2O7S/c1-5-30-22(27)21-13(2)31-20-11-8-17(12-19(20)21)24(15(4)26)32(28,29)18-9-6-16(7-10-18)23-14(3)25/h6-12H,5H2,1-4H3,(H,23,25). The third-order valence-electron chi connectivity index (χ3n) is 4.56. The Balaban J connectivity index is 2.10. The SMILES string of the molecule is CCOC(=O)c1c(C)oc2ccc(N(C(C)=O)S(=O)(=O)c3ccc(NC(C)=O)cc3)cc12. The number of hydrogen-bond acceptors (Lipinski definition) is 7. The molecule has 0 atom stereocenters. The van der Waals surface area contributed by atoms with Crippen LogP contribution >= 0.6 is 0 Å². The Hall–Kier alpha value is -3.66. The van der Waals surface area contributed by atoms with Crippen LogP contribution in [-0.4, -0.2) is 32.8 Å². The summed E-state index contributed by atoms with van der Waals surface area (Å²) in [6.07, 6.45) is 0. The molecule has 168 valence electrons. The second-order valence-electron chi connectivity index (χ2n) is 6.93. The van der Waals surface area contributed by atoms with Crippen molar-refractivity contribution in [1.82, 2.24) is 0 Å². The Morgan fingerprint density at radius 3 is 2.28 bits per heavy atom. The van der Waals surface area contributed by atoms with Crippen molar-refractivity contribution in [3.05, 3.63) is 53.8 Å².